The maximum atomic E-state index is 13.5. The third kappa shape index (κ3) is 5.56. The Bertz CT molecular complexity index is 1110. The number of amides is 1. The van der Waals surface area contributed by atoms with E-state index >= 15 is 0 Å². The van der Waals surface area contributed by atoms with Crippen LogP contribution in [0.1, 0.15) is 46.6 Å². The second-order valence-electron chi connectivity index (χ2n) is 10.2. The number of fused-ring (bicyclic) bond motifs is 1. The Hall–Kier alpha value is -2.25. The van der Waals surface area contributed by atoms with Crippen molar-refractivity contribution in [3.8, 4) is 5.75 Å². The number of benzene rings is 2. The van der Waals surface area contributed by atoms with Gasteiger partial charge in [0.25, 0.3) is 15.9 Å². The molecule has 2 aromatic rings. The Morgan fingerprint density at radius 2 is 1.75 bits per heavy atom. The minimum absolute atomic E-state index is 0.00830. The number of sulfonamides is 1. The molecule has 0 aromatic heterocycles. The third-order valence-electron chi connectivity index (χ3n) is 5.13. The van der Waals surface area contributed by atoms with E-state index in [1.807, 2.05) is 20.8 Å². The van der Waals surface area contributed by atoms with Gasteiger partial charge in [0, 0.05) is 10.6 Å². The van der Waals surface area contributed by atoms with Crippen LogP contribution in [0.4, 0.5) is 5.69 Å². The zero-order valence-corrected chi connectivity index (χ0v) is 21.0. The lowest BCUT2D eigenvalue weighted by atomic mass is 9.81. The lowest BCUT2D eigenvalue weighted by Crippen LogP contribution is -2.55. The van der Waals surface area contributed by atoms with E-state index in [2.05, 4.69) is 26.1 Å². The van der Waals surface area contributed by atoms with Crippen LogP contribution in [0.25, 0.3) is 0 Å². The van der Waals surface area contributed by atoms with E-state index in [1.54, 1.807) is 42.5 Å². The molecule has 0 radical (unpaired) electrons. The van der Waals surface area contributed by atoms with Crippen LogP contribution in [0.15, 0.2) is 47.4 Å². The Labute approximate surface area is 196 Å². The van der Waals surface area contributed by atoms with Crippen molar-refractivity contribution in [3.05, 3.63) is 53.1 Å². The highest BCUT2D eigenvalue weighted by Crippen LogP contribution is 2.39. The summed E-state index contributed by atoms with van der Waals surface area (Å²) in [6, 6.07) is 11.4. The normalized spacial score (nSPS) is 16.8. The van der Waals surface area contributed by atoms with Crippen molar-refractivity contribution >= 4 is 33.2 Å². The number of rotatable bonds is 5. The van der Waals surface area contributed by atoms with Gasteiger partial charge in [-0.1, -0.05) is 50.1 Å². The number of carbonyl (C=O) groups is 1. The number of carbonyl (C=O) groups excluding carboxylic acids is 1. The van der Waals surface area contributed by atoms with Gasteiger partial charge in [0.05, 0.1) is 17.1 Å². The largest absolute Gasteiger partial charge is 0.476 e. The summed E-state index contributed by atoms with van der Waals surface area (Å²) in [4.78, 5) is 13.3. The van der Waals surface area contributed by atoms with Gasteiger partial charge in [-0.15, -0.1) is 0 Å². The van der Waals surface area contributed by atoms with Crippen LogP contribution in [0, 0.1) is 12.3 Å². The molecular weight excluding hydrogens is 448 g/mol. The zero-order chi connectivity index (χ0) is 23.9. The van der Waals surface area contributed by atoms with E-state index in [-0.39, 0.29) is 22.8 Å². The summed E-state index contributed by atoms with van der Waals surface area (Å²) >= 11 is 6.15. The van der Waals surface area contributed by atoms with Crippen molar-refractivity contribution in [1.29, 1.82) is 0 Å². The third-order valence-corrected chi connectivity index (χ3v) is 7.15. The molecule has 2 aromatic carbocycles. The highest BCUT2D eigenvalue weighted by Gasteiger charge is 2.39. The zero-order valence-electron chi connectivity index (χ0n) is 19.4. The minimum Gasteiger partial charge on any atom is -0.476 e. The molecule has 174 valence electrons. The van der Waals surface area contributed by atoms with Gasteiger partial charge in [0.1, 0.15) is 5.75 Å². The molecule has 1 atom stereocenters. The first kappa shape index (κ1) is 24.4. The predicted molar refractivity (Wildman–Crippen MR) is 128 cm³/mol. The van der Waals surface area contributed by atoms with Gasteiger partial charge in [-0.3, -0.25) is 9.10 Å². The van der Waals surface area contributed by atoms with Crippen LogP contribution < -0.4 is 14.4 Å². The number of ether oxygens (including phenoxy) is 1. The van der Waals surface area contributed by atoms with Crippen molar-refractivity contribution in [2.75, 3.05) is 10.8 Å². The molecule has 1 aliphatic rings. The highest BCUT2D eigenvalue weighted by molar-refractivity contribution is 7.92. The topological polar surface area (TPSA) is 75.7 Å². The van der Waals surface area contributed by atoms with Gasteiger partial charge < -0.3 is 10.1 Å². The molecule has 6 nitrogen and oxygen atoms in total. The van der Waals surface area contributed by atoms with Crippen molar-refractivity contribution in [2.45, 2.75) is 64.5 Å². The summed E-state index contributed by atoms with van der Waals surface area (Å²) in [5.41, 5.74) is 0.789. The number of nitrogens with one attached hydrogen (secondary N) is 1. The van der Waals surface area contributed by atoms with E-state index in [0.717, 1.165) is 12.0 Å². The van der Waals surface area contributed by atoms with Gasteiger partial charge in [0.15, 0.2) is 6.10 Å². The fourth-order valence-electron chi connectivity index (χ4n) is 4.21. The van der Waals surface area contributed by atoms with E-state index in [1.165, 1.54) is 4.31 Å². The fourth-order valence-corrected chi connectivity index (χ4v) is 5.84. The van der Waals surface area contributed by atoms with E-state index < -0.39 is 21.7 Å². The van der Waals surface area contributed by atoms with Crippen LogP contribution >= 0.6 is 11.6 Å². The molecule has 0 bridgehead atoms. The standard InChI is InChI=1S/C24H31ClN2O4S/c1-16-7-10-18(11-8-16)32(29,30)27-14-21(31-20-12-9-17(25)13-19(20)27)22(28)26-24(5,6)15-23(2,3)4/h7-13,21H,14-15H2,1-6H3,(H,26,28)/t21-/m0/s1. The molecule has 1 amide bonds. The number of aryl methyl sites for hydroxylation is 1. The molecule has 3 rings (SSSR count). The molecule has 1 N–H and O–H groups in total. The Morgan fingerprint density at radius 3 is 2.34 bits per heavy atom. The summed E-state index contributed by atoms with van der Waals surface area (Å²) in [7, 11) is -3.93. The molecule has 32 heavy (non-hydrogen) atoms. The second kappa shape index (κ2) is 8.60. The van der Waals surface area contributed by atoms with Gasteiger partial charge in [-0.25, -0.2) is 8.42 Å². The SMILES string of the molecule is Cc1ccc(S(=O)(=O)N2C[C@@H](C(=O)NC(C)(C)CC(C)(C)C)Oc3ccc(Cl)cc32)cc1. The van der Waals surface area contributed by atoms with Gasteiger partial charge in [-0.05, 0) is 62.9 Å². The summed E-state index contributed by atoms with van der Waals surface area (Å²) in [5.74, 6) is -0.0610. The molecular formula is C24H31ClN2O4S. The monoisotopic (exact) mass is 478 g/mol. The quantitative estimate of drug-likeness (QED) is 0.660. The first-order valence-corrected chi connectivity index (χ1v) is 12.4. The number of anilines is 1. The number of halogens is 1. The maximum absolute atomic E-state index is 13.5. The van der Waals surface area contributed by atoms with Crippen molar-refractivity contribution < 1.29 is 17.9 Å². The van der Waals surface area contributed by atoms with E-state index in [0.29, 0.717) is 16.5 Å². The Balaban J connectivity index is 1.95. The van der Waals surface area contributed by atoms with Gasteiger partial charge in [0.2, 0.25) is 0 Å². The molecule has 0 unspecified atom stereocenters. The van der Waals surface area contributed by atoms with Crippen LogP contribution in [0.3, 0.4) is 0 Å². The van der Waals surface area contributed by atoms with E-state index in [9.17, 15) is 13.2 Å². The summed E-state index contributed by atoms with van der Waals surface area (Å²) in [6.07, 6.45) is -0.251. The Morgan fingerprint density at radius 1 is 1.12 bits per heavy atom. The van der Waals surface area contributed by atoms with Crippen molar-refractivity contribution in [1.82, 2.24) is 5.32 Å². The molecule has 0 spiro atoms. The molecule has 0 saturated carbocycles. The summed E-state index contributed by atoms with van der Waals surface area (Å²) < 4.78 is 34.2. The minimum atomic E-state index is -3.93. The van der Waals surface area contributed by atoms with Crippen LogP contribution in [0.5, 0.6) is 5.75 Å². The van der Waals surface area contributed by atoms with Crippen LogP contribution in [-0.2, 0) is 14.8 Å². The summed E-state index contributed by atoms with van der Waals surface area (Å²) in [5, 5.41) is 3.41. The van der Waals surface area contributed by atoms with Crippen molar-refractivity contribution in [3.63, 3.8) is 0 Å². The van der Waals surface area contributed by atoms with Crippen molar-refractivity contribution in [2.24, 2.45) is 5.41 Å². The average Bonchev–Trinajstić information content (AvgIpc) is 2.65. The number of hydrogen-bond acceptors (Lipinski definition) is 4. The first-order chi connectivity index (χ1) is 14.7. The maximum Gasteiger partial charge on any atom is 0.264 e. The molecule has 1 heterocycles. The van der Waals surface area contributed by atoms with Crippen LogP contribution in [0.2, 0.25) is 5.02 Å². The lowest BCUT2D eigenvalue weighted by molar-refractivity contribution is -0.129. The Kier molecular flexibility index (Phi) is 6.55. The predicted octanol–water partition coefficient (Wildman–Crippen LogP) is 4.94. The molecule has 0 aliphatic carbocycles. The molecule has 8 heteroatoms. The van der Waals surface area contributed by atoms with E-state index in [4.69, 9.17) is 16.3 Å². The van der Waals surface area contributed by atoms with Crippen LogP contribution in [-0.4, -0.2) is 32.5 Å². The first-order valence-electron chi connectivity index (χ1n) is 10.6. The molecule has 0 saturated heterocycles. The fraction of sp³-hybridized carbons (Fsp3) is 0.458. The summed E-state index contributed by atoms with van der Waals surface area (Å²) in [6.45, 7) is 12.0. The number of nitrogens with zero attached hydrogens (tertiary/aromatic N) is 1. The second-order valence-corrected chi connectivity index (χ2v) is 12.5. The smallest absolute Gasteiger partial charge is 0.264 e. The number of hydrogen-bond donors (Lipinski definition) is 1. The lowest BCUT2D eigenvalue weighted by Gasteiger charge is -2.38. The van der Waals surface area contributed by atoms with Gasteiger partial charge >= 0.3 is 0 Å². The molecule has 1 aliphatic heterocycles. The average molecular weight is 479 g/mol. The van der Waals surface area contributed by atoms with Gasteiger partial charge in [-0.2, -0.15) is 0 Å². The highest BCUT2D eigenvalue weighted by atomic mass is 35.5. The molecule has 0 fully saturated rings.